The van der Waals surface area contributed by atoms with E-state index in [-0.39, 0.29) is 5.82 Å². The van der Waals surface area contributed by atoms with Crippen molar-refractivity contribution in [3.05, 3.63) is 71.6 Å². The lowest BCUT2D eigenvalue weighted by atomic mass is 10.2. The highest BCUT2D eigenvalue weighted by Crippen LogP contribution is 2.18. The van der Waals surface area contributed by atoms with Gasteiger partial charge in [-0.2, -0.15) is 0 Å². The molecule has 0 fully saturated rings. The number of ether oxygens (including phenoxy) is 1. The van der Waals surface area contributed by atoms with Gasteiger partial charge < -0.3 is 4.74 Å². The minimum absolute atomic E-state index is 0.264. The maximum Gasteiger partial charge on any atom is 0.128 e. The largest absolute Gasteiger partial charge is 0.489 e. The third-order valence-electron chi connectivity index (χ3n) is 2.83. The lowest BCUT2D eigenvalue weighted by molar-refractivity contribution is 0.361. The molecule has 108 valence electrons. The Morgan fingerprint density at radius 1 is 1.10 bits per heavy atom. The maximum atomic E-state index is 12.8. The molecule has 0 radical (unpaired) electrons. The molecule has 2 nitrogen and oxygen atoms in total. The van der Waals surface area contributed by atoms with Crippen LogP contribution in [0.5, 0.6) is 5.75 Å². The molecule has 21 heavy (non-hydrogen) atoms. The zero-order valence-corrected chi connectivity index (χ0v) is 12.2. The summed E-state index contributed by atoms with van der Waals surface area (Å²) in [5.74, 6) is 0.514. The maximum absolute atomic E-state index is 12.8. The summed E-state index contributed by atoms with van der Waals surface area (Å²) in [5, 5.41) is 0. The van der Waals surface area contributed by atoms with Crippen LogP contribution in [0.15, 0.2) is 65.2 Å². The highest BCUT2D eigenvalue weighted by molar-refractivity contribution is 5.85. The van der Waals surface area contributed by atoms with Gasteiger partial charge in [0.25, 0.3) is 0 Å². The Morgan fingerprint density at radius 2 is 1.81 bits per heavy atom. The average Bonchev–Trinajstić information content (AvgIpc) is 2.47. The van der Waals surface area contributed by atoms with E-state index in [0.717, 1.165) is 11.3 Å². The van der Waals surface area contributed by atoms with Crippen molar-refractivity contribution in [2.45, 2.75) is 13.8 Å². The predicted octanol–water partition coefficient (Wildman–Crippen LogP) is 4.92. The predicted molar refractivity (Wildman–Crippen MR) is 85.0 cm³/mol. The average molecular weight is 283 g/mol. The van der Waals surface area contributed by atoms with Crippen molar-refractivity contribution in [1.29, 1.82) is 0 Å². The first-order valence-electron chi connectivity index (χ1n) is 6.80. The molecule has 0 bridgehead atoms. The normalized spacial score (nSPS) is 10.6. The fourth-order valence-electron chi connectivity index (χ4n) is 1.69. The molecule has 2 aromatic carbocycles. The zero-order chi connectivity index (χ0) is 15.1. The second kappa shape index (κ2) is 7.39. The molecule has 0 amide bonds. The number of rotatable bonds is 5. The summed E-state index contributed by atoms with van der Waals surface area (Å²) in [7, 11) is 0. The number of hydrogen-bond acceptors (Lipinski definition) is 2. The second-order valence-corrected chi connectivity index (χ2v) is 4.86. The summed E-state index contributed by atoms with van der Waals surface area (Å²) in [6.45, 7) is 4.60. The minimum atomic E-state index is -0.264. The van der Waals surface area contributed by atoms with Crippen LogP contribution in [0.3, 0.4) is 0 Å². The number of aliphatic imine (C=N–C) groups is 1. The monoisotopic (exact) mass is 283 g/mol. The Hall–Kier alpha value is -2.42. The first kappa shape index (κ1) is 15.0. The molecule has 2 rings (SSSR count). The van der Waals surface area contributed by atoms with Crippen LogP contribution in [0, 0.1) is 5.82 Å². The van der Waals surface area contributed by atoms with Gasteiger partial charge in [-0.25, -0.2) is 4.39 Å². The van der Waals surface area contributed by atoms with Gasteiger partial charge in [-0.15, -0.1) is 0 Å². The van der Waals surface area contributed by atoms with Crippen LogP contribution in [0.25, 0.3) is 0 Å². The molecule has 0 unspecified atom stereocenters. The lowest BCUT2D eigenvalue weighted by Crippen LogP contribution is -1.97. The van der Waals surface area contributed by atoms with Crippen molar-refractivity contribution in [3.8, 4) is 5.75 Å². The van der Waals surface area contributed by atoms with E-state index in [2.05, 4.69) is 4.99 Å². The molecular weight excluding hydrogens is 265 g/mol. The molecule has 0 aromatic heterocycles. The highest BCUT2D eigenvalue weighted by atomic mass is 19.1. The van der Waals surface area contributed by atoms with Gasteiger partial charge in [-0.3, -0.25) is 4.99 Å². The van der Waals surface area contributed by atoms with Gasteiger partial charge in [0.05, 0.1) is 5.69 Å². The summed E-state index contributed by atoms with van der Waals surface area (Å²) >= 11 is 0. The molecule has 0 saturated carbocycles. The van der Waals surface area contributed by atoms with Crippen LogP contribution in [0.4, 0.5) is 10.1 Å². The van der Waals surface area contributed by atoms with Crippen LogP contribution in [-0.4, -0.2) is 12.8 Å². The van der Waals surface area contributed by atoms with E-state index >= 15 is 0 Å². The van der Waals surface area contributed by atoms with E-state index in [0.29, 0.717) is 12.3 Å². The number of halogens is 1. The van der Waals surface area contributed by atoms with E-state index in [4.69, 9.17) is 4.74 Å². The van der Waals surface area contributed by atoms with E-state index in [1.54, 1.807) is 18.3 Å². The van der Waals surface area contributed by atoms with Gasteiger partial charge in [0.1, 0.15) is 18.2 Å². The standard InChI is InChI=1S/C18H18FNO/c1-14(2)11-12-21-18-6-4-3-5-15(18)13-20-17-9-7-16(19)8-10-17/h3-11,13H,12H2,1-2H3. The topological polar surface area (TPSA) is 21.6 Å². The first-order chi connectivity index (χ1) is 10.1. The van der Waals surface area contributed by atoms with Gasteiger partial charge in [0.2, 0.25) is 0 Å². The molecule has 0 aliphatic heterocycles. The van der Waals surface area contributed by atoms with Gasteiger partial charge in [-0.1, -0.05) is 17.7 Å². The van der Waals surface area contributed by atoms with Crippen LogP contribution >= 0.6 is 0 Å². The number of hydrogen-bond donors (Lipinski definition) is 0. The summed E-state index contributed by atoms with van der Waals surface area (Å²) in [4.78, 5) is 4.33. The molecule has 0 aliphatic carbocycles. The Bertz CT molecular complexity index is 641. The van der Waals surface area contributed by atoms with E-state index in [1.165, 1.54) is 17.7 Å². The summed E-state index contributed by atoms with van der Waals surface area (Å²) in [6.07, 6.45) is 3.75. The van der Waals surface area contributed by atoms with Gasteiger partial charge in [-0.05, 0) is 56.3 Å². The number of allylic oxidation sites excluding steroid dienone is 1. The van der Waals surface area contributed by atoms with E-state index in [9.17, 15) is 4.39 Å². The number of nitrogens with zero attached hydrogens (tertiary/aromatic N) is 1. The third kappa shape index (κ3) is 4.88. The molecule has 0 saturated heterocycles. The molecule has 0 spiro atoms. The fraction of sp³-hybridized carbons (Fsp3) is 0.167. The Labute approximate surface area is 124 Å². The van der Waals surface area contributed by atoms with Crippen molar-refractivity contribution in [3.63, 3.8) is 0 Å². The summed E-state index contributed by atoms with van der Waals surface area (Å²) in [6, 6.07) is 13.8. The fourth-order valence-corrected chi connectivity index (χ4v) is 1.69. The van der Waals surface area contributed by atoms with Crippen molar-refractivity contribution in [1.82, 2.24) is 0 Å². The first-order valence-corrected chi connectivity index (χ1v) is 6.80. The van der Waals surface area contributed by atoms with E-state index < -0.39 is 0 Å². The second-order valence-electron chi connectivity index (χ2n) is 4.86. The number of benzene rings is 2. The summed E-state index contributed by atoms with van der Waals surface area (Å²) in [5.41, 5.74) is 2.81. The van der Waals surface area contributed by atoms with Gasteiger partial charge >= 0.3 is 0 Å². The number of para-hydroxylation sites is 1. The van der Waals surface area contributed by atoms with Crippen LogP contribution in [-0.2, 0) is 0 Å². The van der Waals surface area contributed by atoms with Crippen molar-refractivity contribution < 1.29 is 9.13 Å². The lowest BCUT2D eigenvalue weighted by Gasteiger charge is -2.06. The SMILES string of the molecule is CC(C)=CCOc1ccccc1C=Nc1ccc(F)cc1. The van der Waals surface area contributed by atoms with Crippen molar-refractivity contribution in [2.24, 2.45) is 4.99 Å². The molecule has 0 heterocycles. The van der Waals surface area contributed by atoms with Gasteiger partial charge in [0.15, 0.2) is 0 Å². The smallest absolute Gasteiger partial charge is 0.128 e. The molecule has 3 heteroatoms. The zero-order valence-electron chi connectivity index (χ0n) is 12.2. The third-order valence-corrected chi connectivity index (χ3v) is 2.83. The molecular formula is C18H18FNO. The Morgan fingerprint density at radius 3 is 2.52 bits per heavy atom. The van der Waals surface area contributed by atoms with Crippen LogP contribution in [0.2, 0.25) is 0 Å². The van der Waals surface area contributed by atoms with Crippen molar-refractivity contribution >= 4 is 11.9 Å². The van der Waals surface area contributed by atoms with Crippen LogP contribution in [0.1, 0.15) is 19.4 Å². The Balaban J connectivity index is 2.12. The Kier molecular flexibility index (Phi) is 5.27. The molecule has 0 atom stereocenters. The van der Waals surface area contributed by atoms with Gasteiger partial charge in [0, 0.05) is 11.8 Å². The quantitative estimate of drug-likeness (QED) is 0.563. The molecule has 0 N–H and O–H groups in total. The van der Waals surface area contributed by atoms with Crippen LogP contribution < -0.4 is 4.74 Å². The molecule has 0 aliphatic rings. The minimum Gasteiger partial charge on any atom is -0.489 e. The van der Waals surface area contributed by atoms with E-state index in [1.807, 2.05) is 44.2 Å². The highest BCUT2D eigenvalue weighted by Gasteiger charge is 1.99. The van der Waals surface area contributed by atoms with Crippen molar-refractivity contribution in [2.75, 3.05) is 6.61 Å². The summed E-state index contributed by atoms with van der Waals surface area (Å²) < 4.78 is 18.6. The molecule has 2 aromatic rings.